The van der Waals surface area contributed by atoms with E-state index in [9.17, 15) is 13.2 Å². The number of carbonyl (C=O) groups excluding carboxylic acids is 1. The molecule has 132 valence electrons. The molecule has 1 heterocycles. The second-order valence-corrected chi connectivity index (χ2v) is 8.76. The third-order valence-corrected chi connectivity index (χ3v) is 6.12. The maximum atomic E-state index is 12.5. The van der Waals surface area contributed by atoms with E-state index >= 15 is 0 Å². The van der Waals surface area contributed by atoms with Crippen molar-refractivity contribution in [3.63, 3.8) is 0 Å². The number of sulfonamides is 1. The van der Waals surface area contributed by atoms with Crippen molar-refractivity contribution < 1.29 is 13.2 Å². The lowest BCUT2D eigenvalue weighted by Gasteiger charge is -2.16. The van der Waals surface area contributed by atoms with Gasteiger partial charge in [-0.15, -0.1) is 0 Å². The van der Waals surface area contributed by atoms with Crippen LogP contribution in [-0.4, -0.2) is 20.9 Å². The summed E-state index contributed by atoms with van der Waals surface area (Å²) < 4.78 is 27.7. The Morgan fingerprint density at radius 2 is 1.80 bits per heavy atom. The van der Waals surface area contributed by atoms with Crippen molar-refractivity contribution in [3.05, 3.63) is 58.6 Å². The average Bonchev–Trinajstić information content (AvgIpc) is 2.78. The summed E-state index contributed by atoms with van der Waals surface area (Å²) in [6.45, 7) is 3.83. The van der Waals surface area contributed by atoms with Crippen molar-refractivity contribution in [1.29, 1.82) is 0 Å². The molecule has 1 aliphatic rings. The van der Waals surface area contributed by atoms with E-state index < -0.39 is 15.4 Å². The number of anilines is 1. The van der Waals surface area contributed by atoms with Gasteiger partial charge in [-0.1, -0.05) is 23.7 Å². The van der Waals surface area contributed by atoms with Crippen LogP contribution in [0.3, 0.4) is 0 Å². The van der Waals surface area contributed by atoms with E-state index in [4.69, 9.17) is 11.6 Å². The van der Waals surface area contributed by atoms with Crippen LogP contribution in [-0.2, 0) is 26.7 Å². The Labute approximate surface area is 152 Å². The van der Waals surface area contributed by atoms with Gasteiger partial charge in [-0.05, 0) is 61.7 Å². The van der Waals surface area contributed by atoms with E-state index in [1.165, 1.54) is 6.07 Å². The summed E-state index contributed by atoms with van der Waals surface area (Å²) in [7, 11) is -3.64. The first kappa shape index (κ1) is 17.9. The number of hydrogen-bond acceptors (Lipinski definition) is 3. The highest BCUT2D eigenvalue weighted by Gasteiger charge is 2.39. The van der Waals surface area contributed by atoms with Crippen LogP contribution in [0.15, 0.2) is 47.4 Å². The van der Waals surface area contributed by atoms with Crippen LogP contribution in [0.2, 0.25) is 5.02 Å². The molecule has 25 heavy (non-hydrogen) atoms. The summed E-state index contributed by atoms with van der Waals surface area (Å²) in [5.74, 6) is -0.132. The van der Waals surface area contributed by atoms with Gasteiger partial charge >= 0.3 is 0 Å². The van der Waals surface area contributed by atoms with E-state index in [-0.39, 0.29) is 17.3 Å². The van der Waals surface area contributed by atoms with Gasteiger partial charge in [-0.25, -0.2) is 13.1 Å². The summed E-state index contributed by atoms with van der Waals surface area (Å²) in [5.41, 5.74) is 1.61. The Kier molecular flexibility index (Phi) is 4.62. The lowest BCUT2D eigenvalue weighted by atomic mass is 9.86. The summed E-state index contributed by atoms with van der Waals surface area (Å²) in [5, 5.41) is 3.42. The molecule has 0 fully saturated rings. The quantitative estimate of drug-likeness (QED) is 0.839. The summed E-state index contributed by atoms with van der Waals surface area (Å²) in [4.78, 5) is 12.1. The zero-order chi connectivity index (χ0) is 18.2. The first-order chi connectivity index (χ1) is 11.7. The van der Waals surface area contributed by atoms with Gasteiger partial charge in [-0.2, -0.15) is 0 Å². The molecule has 7 heteroatoms. The standard InChI is InChI=1S/C18H19ClN2O3S/c1-18(2)15-11-14(7-8-16(15)21-17(18)22)25(23,24)20-10-9-12-3-5-13(19)6-4-12/h3-8,11,20H,9-10H2,1-2H3,(H,21,22). The molecule has 0 aliphatic carbocycles. The van der Waals surface area contributed by atoms with Gasteiger partial charge in [0, 0.05) is 17.3 Å². The van der Waals surface area contributed by atoms with Gasteiger partial charge in [0.2, 0.25) is 15.9 Å². The Morgan fingerprint density at radius 1 is 1.12 bits per heavy atom. The van der Waals surface area contributed by atoms with Gasteiger partial charge in [0.15, 0.2) is 0 Å². The highest BCUT2D eigenvalue weighted by molar-refractivity contribution is 7.89. The highest BCUT2D eigenvalue weighted by atomic mass is 35.5. The maximum Gasteiger partial charge on any atom is 0.240 e. The molecule has 1 aliphatic heterocycles. The Bertz CT molecular complexity index is 922. The fraction of sp³-hybridized carbons (Fsp3) is 0.278. The molecule has 0 spiro atoms. The molecular weight excluding hydrogens is 360 g/mol. The van der Waals surface area contributed by atoms with E-state index in [0.717, 1.165) is 5.56 Å². The first-order valence-corrected chi connectivity index (χ1v) is 9.76. The molecule has 0 radical (unpaired) electrons. The van der Waals surface area contributed by atoms with Gasteiger partial charge in [-0.3, -0.25) is 4.79 Å². The number of carbonyl (C=O) groups is 1. The van der Waals surface area contributed by atoms with Crippen LogP contribution < -0.4 is 10.0 Å². The van der Waals surface area contributed by atoms with Crippen LogP contribution in [0.5, 0.6) is 0 Å². The van der Waals surface area contributed by atoms with Crippen LogP contribution in [0.4, 0.5) is 5.69 Å². The van der Waals surface area contributed by atoms with Gasteiger partial charge < -0.3 is 5.32 Å². The summed E-state index contributed by atoms with van der Waals surface area (Å²) in [6, 6.07) is 12.0. The van der Waals surface area contributed by atoms with Crippen LogP contribution in [0.25, 0.3) is 0 Å². The van der Waals surface area contributed by atoms with E-state index in [2.05, 4.69) is 10.0 Å². The molecule has 2 aromatic carbocycles. The fourth-order valence-corrected chi connectivity index (χ4v) is 3.97. The Balaban J connectivity index is 1.74. The topological polar surface area (TPSA) is 75.3 Å². The number of nitrogens with one attached hydrogen (secondary N) is 2. The third-order valence-electron chi connectivity index (χ3n) is 4.41. The minimum atomic E-state index is -3.64. The van der Waals surface area contributed by atoms with Crippen molar-refractivity contribution in [2.45, 2.75) is 30.6 Å². The zero-order valence-electron chi connectivity index (χ0n) is 14.0. The second-order valence-electron chi connectivity index (χ2n) is 6.56. The monoisotopic (exact) mass is 378 g/mol. The lowest BCUT2D eigenvalue weighted by molar-refractivity contribution is -0.119. The molecule has 5 nitrogen and oxygen atoms in total. The largest absolute Gasteiger partial charge is 0.325 e. The van der Waals surface area contributed by atoms with Gasteiger partial charge in [0.25, 0.3) is 0 Å². The number of benzene rings is 2. The minimum Gasteiger partial charge on any atom is -0.325 e. The van der Waals surface area contributed by atoms with E-state index in [1.807, 2.05) is 12.1 Å². The molecule has 0 saturated heterocycles. The Hall–Kier alpha value is -1.89. The molecule has 2 aromatic rings. The molecule has 3 rings (SSSR count). The van der Waals surface area contributed by atoms with Crippen LogP contribution >= 0.6 is 11.6 Å². The first-order valence-electron chi connectivity index (χ1n) is 7.90. The highest BCUT2D eigenvalue weighted by Crippen LogP contribution is 2.38. The summed E-state index contributed by atoms with van der Waals surface area (Å²) >= 11 is 5.84. The number of fused-ring (bicyclic) bond motifs is 1. The minimum absolute atomic E-state index is 0.132. The predicted octanol–water partition coefficient (Wildman–Crippen LogP) is 3.09. The normalized spacial score (nSPS) is 15.7. The van der Waals surface area contributed by atoms with Crippen molar-refractivity contribution in [2.24, 2.45) is 0 Å². The SMILES string of the molecule is CC1(C)C(=O)Nc2ccc(S(=O)(=O)NCCc3ccc(Cl)cc3)cc21. The molecule has 2 N–H and O–H groups in total. The Morgan fingerprint density at radius 3 is 2.48 bits per heavy atom. The van der Waals surface area contributed by atoms with Gasteiger partial charge in [0.05, 0.1) is 10.3 Å². The molecule has 0 unspecified atom stereocenters. The zero-order valence-corrected chi connectivity index (χ0v) is 15.5. The number of halogens is 1. The van der Waals surface area contributed by atoms with Crippen LogP contribution in [0.1, 0.15) is 25.0 Å². The van der Waals surface area contributed by atoms with E-state index in [0.29, 0.717) is 22.7 Å². The van der Waals surface area contributed by atoms with Crippen molar-refractivity contribution in [1.82, 2.24) is 4.72 Å². The fourth-order valence-electron chi connectivity index (χ4n) is 2.78. The number of hydrogen-bond donors (Lipinski definition) is 2. The van der Waals surface area contributed by atoms with Crippen LogP contribution in [0, 0.1) is 0 Å². The third kappa shape index (κ3) is 3.56. The number of amides is 1. The molecule has 0 aromatic heterocycles. The smallest absolute Gasteiger partial charge is 0.240 e. The van der Waals surface area contributed by atoms with Crippen molar-refractivity contribution in [2.75, 3.05) is 11.9 Å². The van der Waals surface area contributed by atoms with Gasteiger partial charge in [0.1, 0.15) is 0 Å². The molecular formula is C18H19ClN2O3S. The van der Waals surface area contributed by atoms with E-state index in [1.54, 1.807) is 38.1 Å². The average molecular weight is 379 g/mol. The van der Waals surface area contributed by atoms with Crippen molar-refractivity contribution in [3.8, 4) is 0 Å². The second kappa shape index (κ2) is 6.44. The molecule has 0 atom stereocenters. The molecule has 1 amide bonds. The maximum absolute atomic E-state index is 12.5. The summed E-state index contributed by atoms with van der Waals surface area (Å²) in [6.07, 6.45) is 0.562. The number of rotatable bonds is 5. The predicted molar refractivity (Wildman–Crippen MR) is 98.4 cm³/mol. The molecule has 0 bridgehead atoms. The lowest BCUT2D eigenvalue weighted by Crippen LogP contribution is -2.28. The molecule has 0 saturated carbocycles. The van der Waals surface area contributed by atoms with Crippen molar-refractivity contribution >= 4 is 33.2 Å².